The number of hydrogen-bond donors (Lipinski definition) is 0. The number of anilines is 1. The van der Waals surface area contributed by atoms with Crippen molar-refractivity contribution in [3.8, 4) is 0 Å². The lowest BCUT2D eigenvalue weighted by atomic mass is 10.2. The van der Waals surface area contributed by atoms with E-state index >= 15 is 0 Å². The van der Waals surface area contributed by atoms with Gasteiger partial charge < -0.3 is 5.21 Å². The number of aryl methyl sites for hydroxylation is 1. The molecule has 0 radical (unpaired) electrons. The maximum Gasteiger partial charge on any atom is 0.149 e. The molecule has 0 amide bonds. The van der Waals surface area contributed by atoms with Crippen molar-refractivity contribution in [2.24, 2.45) is 5.22 Å². The molecule has 0 aliphatic carbocycles. The van der Waals surface area contributed by atoms with Crippen molar-refractivity contribution < 1.29 is 4.86 Å². The smallest absolute Gasteiger partial charge is 0.149 e. The fraction of sp³-hybridized carbons (Fsp3) is 0.333. The minimum absolute atomic E-state index is 0.528. The number of benzene rings is 1. The number of hydrogen-bond acceptors (Lipinski definition) is 2. The van der Waals surface area contributed by atoms with E-state index in [1.54, 1.807) is 7.05 Å². The standard InChI is InChI=1S/C9H13N3O/c1-8-4-6-9(7-5-8)11(2)10-12(3)13/h4-7H,1-3H3. The summed E-state index contributed by atoms with van der Waals surface area (Å²) in [5.41, 5.74) is 2.08. The monoisotopic (exact) mass is 179 g/mol. The topological polar surface area (TPSA) is 41.7 Å². The SMILES string of the molecule is Cc1ccc(N(C)N=[N+](C)[O-])cc1. The van der Waals surface area contributed by atoms with Crippen molar-refractivity contribution in [1.82, 2.24) is 0 Å². The highest BCUT2D eigenvalue weighted by atomic mass is 16.5. The van der Waals surface area contributed by atoms with E-state index in [0.717, 1.165) is 5.69 Å². The van der Waals surface area contributed by atoms with E-state index in [0.29, 0.717) is 4.86 Å². The van der Waals surface area contributed by atoms with Crippen molar-refractivity contribution in [3.05, 3.63) is 35.0 Å². The zero-order chi connectivity index (χ0) is 9.84. The van der Waals surface area contributed by atoms with Crippen LogP contribution in [0, 0.1) is 12.1 Å². The molecule has 0 aliphatic rings. The molecule has 0 saturated carbocycles. The van der Waals surface area contributed by atoms with E-state index in [4.69, 9.17) is 0 Å². The van der Waals surface area contributed by atoms with E-state index in [1.165, 1.54) is 17.6 Å². The van der Waals surface area contributed by atoms with Crippen LogP contribution in [0.4, 0.5) is 5.69 Å². The Morgan fingerprint density at radius 2 is 1.85 bits per heavy atom. The Morgan fingerprint density at radius 3 is 2.31 bits per heavy atom. The summed E-state index contributed by atoms with van der Waals surface area (Å²) in [6, 6.07) is 7.79. The molecule has 13 heavy (non-hydrogen) atoms. The van der Waals surface area contributed by atoms with Crippen LogP contribution < -0.4 is 5.01 Å². The van der Waals surface area contributed by atoms with Crippen molar-refractivity contribution in [2.75, 3.05) is 19.1 Å². The van der Waals surface area contributed by atoms with Crippen LogP contribution in [0.3, 0.4) is 0 Å². The fourth-order valence-corrected chi connectivity index (χ4v) is 1.00. The average Bonchev–Trinajstić information content (AvgIpc) is 2.04. The van der Waals surface area contributed by atoms with Gasteiger partial charge in [-0.05, 0) is 19.1 Å². The molecule has 1 aromatic rings. The van der Waals surface area contributed by atoms with Crippen molar-refractivity contribution in [2.45, 2.75) is 6.92 Å². The molecular formula is C9H13N3O. The van der Waals surface area contributed by atoms with Gasteiger partial charge in [0, 0.05) is 0 Å². The van der Waals surface area contributed by atoms with E-state index < -0.39 is 0 Å². The van der Waals surface area contributed by atoms with Crippen LogP contribution in [0.2, 0.25) is 0 Å². The van der Waals surface area contributed by atoms with Crippen LogP contribution in [0.5, 0.6) is 0 Å². The van der Waals surface area contributed by atoms with E-state index in [9.17, 15) is 5.21 Å². The summed E-state index contributed by atoms with van der Waals surface area (Å²) in [4.78, 5) is 0.528. The van der Waals surface area contributed by atoms with E-state index in [1.807, 2.05) is 31.2 Å². The molecule has 0 aromatic heterocycles. The van der Waals surface area contributed by atoms with Crippen LogP contribution in [0.25, 0.3) is 0 Å². The molecule has 1 aromatic carbocycles. The summed E-state index contributed by atoms with van der Waals surface area (Å²) in [7, 11) is 3.09. The van der Waals surface area contributed by atoms with Gasteiger partial charge in [0.1, 0.15) is 19.8 Å². The van der Waals surface area contributed by atoms with Gasteiger partial charge >= 0.3 is 0 Å². The summed E-state index contributed by atoms with van der Waals surface area (Å²) < 4.78 is 0. The molecular weight excluding hydrogens is 166 g/mol. The summed E-state index contributed by atoms with van der Waals surface area (Å²) in [6.45, 7) is 2.01. The van der Waals surface area contributed by atoms with Crippen LogP contribution in [0.15, 0.2) is 29.5 Å². The van der Waals surface area contributed by atoms with Gasteiger partial charge in [-0.25, -0.2) is 0 Å². The summed E-state index contributed by atoms with van der Waals surface area (Å²) in [5.74, 6) is 0. The molecule has 4 nitrogen and oxygen atoms in total. The molecule has 0 aliphatic heterocycles. The Balaban J connectivity index is 2.83. The summed E-state index contributed by atoms with van der Waals surface area (Å²) in [5, 5.41) is 15.8. The van der Waals surface area contributed by atoms with Gasteiger partial charge in [-0.15, -0.1) is 5.01 Å². The average molecular weight is 179 g/mol. The third-order valence-electron chi connectivity index (χ3n) is 1.67. The molecule has 0 unspecified atom stereocenters. The molecule has 0 N–H and O–H groups in total. The van der Waals surface area contributed by atoms with Crippen LogP contribution >= 0.6 is 0 Å². The number of nitrogens with zero attached hydrogens (tertiary/aromatic N) is 3. The zero-order valence-electron chi connectivity index (χ0n) is 8.06. The normalized spacial score (nSPS) is 11.5. The molecule has 1 rings (SSSR count). The van der Waals surface area contributed by atoms with E-state index in [-0.39, 0.29) is 0 Å². The third kappa shape index (κ3) is 2.74. The second-order valence-electron chi connectivity index (χ2n) is 2.91. The van der Waals surface area contributed by atoms with Gasteiger partial charge in [-0.1, -0.05) is 17.7 Å². The first kappa shape index (κ1) is 9.51. The van der Waals surface area contributed by atoms with Crippen LogP contribution in [-0.4, -0.2) is 19.0 Å². The Morgan fingerprint density at radius 1 is 1.31 bits per heavy atom. The highest BCUT2D eigenvalue weighted by Crippen LogP contribution is 2.13. The molecule has 0 spiro atoms. The van der Waals surface area contributed by atoms with E-state index in [2.05, 4.69) is 5.22 Å². The van der Waals surface area contributed by atoms with Crippen molar-refractivity contribution >= 4 is 5.69 Å². The Bertz CT molecular complexity index is 301. The second kappa shape index (κ2) is 3.89. The maximum atomic E-state index is 10.6. The molecule has 0 atom stereocenters. The first-order valence-electron chi connectivity index (χ1n) is 4.02. The fourth-order valence-electron chi connectivity index (χ4n) is 1.00. The van der Waals surface area contributed by atoms with Gasteiger partial charge in [0.25, 0.3) is 0 Å². The molecule has 0 bridgehead atoms. The summed E-state index contributed by atoms with van der Waals surface area (Å²) in [6.07, 6.45) is 0. The Labute approximate surface area is 77.7 Å². The van der Waals surface area contributed by atoms with Gasteiger partial charge in [-0.3, -0.25) is 0 Å². The number of hydroxylamine groups is 1. The van der Waals surface area contributed by atoms with Gasteiger partial charge in [0.05, 0.1) is 5.22 Å². The zero-order valence-corrected chi connectivity index (χ0v) is 8.06. The molecule has 0 saturated heterocycles. The Kier molecular flexibility index (Phi) is 2.84. The lowest BCUT2D eigenvalue weighted by Crippen LogP contribution is -2.11. The first-order valence-corrected chi connectivity index (χ1v) is 4.02. The quantitative estimate of drug-likeness (QED) is 0.395. The van der Waals surface area contributed by atoms with Crippen molar-refractivity contribution in [1.29, 1.82) is 0 Å². The minimum Gasteiger partial charge on any atom is -0.696 e. The first-order chi connectivity index (χ1) is 6.09. The molecule has 0 heterocycles. The lowest BCUT2D eigenvalue weighted by Gasteiger charge is -2.06. The predicted octanol–water partition coefficient (Wildman–Crippen LogP) is 1.94. The predicted molar refractivity (Wildman–Crippen MR) is 51.6 cm³/mol. The molecule has 0 fully saturated rings. The summed E-state index contributed by atoms with van der Waals surface area (Å²) >= 11 is 0. The van der Waals surface area contributed by atoms with Gasteiger partial charge in [-0.2, -0.15) is 4.86 Å². The Hall–Kier alpha value is -1.58. The largest absolute Gasteiger partial charge is 0.696 e. The second-order valence-corrected chi connectivity index (χ2v) is 2.91. The molecule has 4 heteroatoms. The highest BCUT2D eigenvalue weighted by Gasteiger charge is 2.04. The number of rotatable bonds is 2. The third-order valence-corrected chi connectivity index (χ3v) is 1.67. The van der Waals surface area contributed by atoms with Crippen molar-refractivity contribution in [3.63, 3.8) is 0 Å². The minimum atomic E-state index is 0.528. The maximum absolute atomic E-state index is 10.6. The van der Waals surface area contributed by atoms with Gasteiger partial charge in [0.2, 0.25) is 0 Å². The van der Waals surface area contributed by atoms with Crippen LogP contribution in [0.1, 0.15) is 5.56 Å². The lowest BCUT2D eigenvalue weighted by molar-refractivity contribution is -0.500. The van der Waals surface area contributed by atoms with Crippen LogP contribution in [-0.2, 0) is 0 Å². The highest BCUT2D eigenvalue weighted by molar-refractivity contribution is 5.45. The molecule has 70 valence electrons. The van der Waals surface area contributed by atoms with Gasteiger partial charge in [0.15, 0.2) is 0 Å².